The second-order valence-corrected chi connectivity index (χ2v) is 5.34. The smallest absolute Gasteiger partial charge is 0.0546 e. The molecule has 0 aromatic heterocycles. The summed E-state index contributed by atoms with van der Waals surface area (Å²) in [5.74, 6) is 0. The van der Waals surface area contributed by atoms with Crippen molar-refractivity contribution in [3.63, 3.8) is 0 Å². The first-order chi connectivity index (χ1) is 10.4. The molecule has 1 aliphatic heterocycles. The van der Waals surface area contributed by atoms with Gasteiger partial charge >= 0.3 is 0 Å². The molecule has 0 bridgehead atoms. The molecular formula is C17H18N4. The van der Waals surface area contributed by atoms with Crippen molar-refractivity contribution in [3.8, 4) is 0 Å². The molecule has 4 heteroatoms. The lowest BCUT2D eigenvalue weighted by Crippen LogP contribution is -2.38. The molecular weight excluding hydrogens is 260 g/mol. The third-order valence-corrected chi connectivity index (χ3v) is 4.06. The summed E-state index contributed by atoms with van der Waals surface area (Å²) in [6.07, 6.45) is 1.77. The maximum atomic E-state index is 8.70. The molecule has 2 atom stereocenters. The Hall–Kier alpha value is -2.45. The molecule has 2 aromatic rings. The predicted molar refractivity (Wildman–Crippen MR) is 85.1 cm³/mol. The predicted octanol–water partition coefficient (Wildman–Crippen LogP) is 4.71. The second-order valence-electron chi connectivity index (χ2n) is 5.34. The Morgan fingerprint density at radius 1 is 1.00 bits per heavy atom. The highest BCUT2D eigenvalue weighted by Gasteiger charge is 2.29. The highest BCUT2D eigenvalue weighted by atomic mass is 15.2. The normalized spacial score (nSPS) is 21.6. The van der Waals surface area contributed by atoms with E-state index in [0.29, 0.717) is 0 Å². The molecule has 0 saturated carbocycles. The maximum absolute atomic E-state index is 8.70. The Balaban J connectivity index is 1.93. The zero-order chi connectivity index (χ0) is 14.5. The largest absolute Gasteiger partial charge is 0.364 e. The Morgan fingerprint density at radius 2 is 1.67 bits per heavy atom. The summed E-state index contributed by atoms with van der Waals surface area (Å²) in [6, 6.07) is 21.3. The van der Waals surface area contributed by atoms with E-state index in [1.54, 1.807) is 0 Å². The number of para-hydroxylation sites is 1. The van der Waals surface area contributed by atoms with Crippen molar-refractivity contribution in [3.05, 3.63) is 76.7 Å². The van der Waals surface area contributed by atoms with E-state index in [9.17, 15) is 0 Å². The molecule has 2 aromatic carbocycles. The van der Waals surface area contributed by atoms with Crippen LogP contribution in [0.2, 0.25) is 0 Å². The van der Waals surface area contributed by atoms with Gasteiger partial charge in [0.05, 0.1) is 6.04 Å². The van der Waals surface area contributed by atoms with Gasteiger partial charge in [-0.1, -0.05) is 53.6 Å². The van der Waals surface area contributed by atoms with Crippen LogP contribution in [0.4, 0.5) is 5.69 Å². The average Bonchev–Trinajstić information content (AvgIpc) is 2.57. The van der Waals surface area contributed by atoms with E-state index in [4.69, 9.17) is 5.53 Å². The zero-order valence-electron chi connectivity index (χ0n) is 11.8. The molecule has 4 nitrogen and oxygen atoms in total. The number of benzene rings is 2. The molecule has 0 aliphatic carbocycles. The Morgan fingerprint density at radius 3 is 2.33 bits per heavy atom. The fourth-order valence-electron chi connectivity index (χ4n) is 3.04. The van der Waals surface area contributed by atoms with Crippen LogP contribution < -0.4 is 4.90 Å². The van der Waals surface area contributed by atoms with Crippen LogP contribution in [-0.4, -0.2) is 12.6 Å². The number of nitrogens with zero attached hydrogens (tertiary/aromatic N) is 4. The number of anilines is 1. The highest BCUT2D eigenvalue weighted by molar-refractivity contribution is 5.49. The van der Waals surface area contributed by atoms with Gasteiger partial charge in [-0.2, -0.15) is 0 Å². The Labute approximate surface area is 124 Å². The van der Waals surface area contributed by atoms with Crippen LogP contribution in [0.1, 0.15) is 24.4 Å². The highest BCUT2D eigenvalue weighted by Crippen LogP contribution is 2.35. The molecule has 1 fully saturated rings. The lowest BCUT2D eigenvalue weighted by atomic mass is 9.91. The van der Waals surface area contributed by atoms with Crippen LogP contribution >= 0.6 is 0 Å². The van der Waals surface area contributed by atoms with Crippen molar-refractivity contribution in [2.45, 2.75) is 24.9 Å². The molecule has 21 heavy (non-hydrogen) atoms. The summed E-state index contributed by atoms with van der Waals surface area (Å²) < 4.78 is 0. The van der Waals surface area contributed by atoms with Gasteiger partial charge in [0.15, 0.2) is 0 Å². The molecule has 3 rings (SSSR count). The number of hydrogen-bond acceptors (Lipinski definition) is 2. The third-order valence-electron chi connectivity index (χ3n) is 4.06. The van der Waals surface area contributed by atoms with Gasteiger partial charge in [0.1, 0.15) is 0 Å². The van der Waals surface area contributed by atoms with Gasteiger partial charge in [0.25, 0.3) is 0 Å². The van der Waals surface area contributed by atoms with Gasteiger partial charge in [-0.05, 0) is 36.1 Å². The van der Waals surface area contributed by atoms with E-state index in [2.05, 4.69) is 63.5 Å². The van der Waals surface area contributed by atoms with Gasteiger partial charge < -0.3 is 4.90 Å². The third kappa shape index (κ3) is 3.01. The SMILES string of the molecule is [N-]=[N+]=NC1CCN(c2ccccc2)C(c2ccccc2)C1. The number of piperidine rings is 1. The minimum atomic E-state index is 0.0835. The fraction of sp³-hybridized carbons (Fsp3) is 0.294. The van der Waals surface area contributed by atoms with E-state index in [1.165, 1.54) is 11.3 Å². The first-order valence-electron chi connectivity index (χ1n) is 7.29. The van der Waals surface area contributed by atoms with Gasteiger partial charge in [-0.15, -0.1) is 0 Å². The minimum Gasteiger partial charge on any atom is -0.364 e. The number of azide groups is 1. The van der Waals surface area contributed by atoms with Gasteiger partial charge in [0.2, 0.25) is 0 Å². The van der Waals surface area contributed by atoms with Crippen molar-refractivity contribution < 1.29 is 0 Å². The lowest BCUT2D eigenvalue weighted by molar-refractivity contribution is 0.419. The van der Waals surface area contributed by atoms with E-state index < -0.39 is 0 Å². The molecule has 0 radical (unpaired) electrons. The molecule has 0 spiro atoms. The lowest BCUT2D eigenvalue weighted by Gasteiger charge is -2.40. The fourth-order valence-corrected chi connectivity index (χ4v) is 3.04. The number of rotatable bonds is 3. The molecule has 1 saturated heterocycles. The van der Waals surface area contributed by atoms with Gasteiger partial charge in [-0.3, -0.25) is 0 Å². The van der Waals surface area contributed by atoms with Crippen molar-refractivity contribution in [1.29, 1.82) is 0 Å². The summed E-state index contributed by atoms with van der Waals surface area (Å²) >= 11 is 0. The van der Waals surface area contributed by atoms with Crippen LogP contribution in [0.5, 0.6) is 0 Å². The molecule has 2 unspecified atom stereocenters. The van der Waals surface area contributed by atoms with E-state index in [0.717, 1.165) is 19.4 Å². The van der Waals surface area contributed by atoms with Gasteiger partial charge in [-0.25, -0.2) is 0 Å². The maximum Gasteiger partial charge on any atom is 0.0546 e. The molecule has 0 N–H and O–H groups in total. The average molecular weight is 278 g/mol. The second kappa shape index (κ2) is 6.33. The zero-order valence-corrected chi connectivity index (χ0v) is 11.8. The van der Waals surface area contributed by atoms with Crippen LogP contribution in [0.3, 0.4) is 0 Å². The Bertz CT molecular complexity index is 620. The van der Waals surface area contributed by atoms with Crippen molar-refractivity contribution in [2.75, 3.05) is 11.4 Å². The molecule has 1 aliphatic rings. The van der Waals surface area contributed by atoms with Gasteiger partial charge in [0, 0.05) is 23.2 Å². The summed E-state index contributed by atoms with van der Waals surface area (Å²) in [6.45, 7) is 0.910. The van der Waals surface area contributed by atoms with E-state index >= 15 is 0 Å². The van der Waals surface area contributed by atoms with Crippen molar-refractivity contribution in [1.82, 2.24) is 0 Å². The van der Waals surface area contributed by atoms with Crippen LogP contribution in [-0.2, 0) is 0 Å². The monoisotopic (exact) mass is 278 g/mol. The summed E-state index contributed by atoms with van der Waals surface area (Å²) in [5, 5.41) is 3.94. The first-order valence-corrected chi connectivity index (χ1v) is 7.29. The summed E-state index contributed by atoms with van der Waals surface area (Å²) in [5.41, 5.74) is 11.2. The van der Waals surface area contributed by atoms with Crippen molar-refractivity contribution >= 4 is 5.69 Å². The standard InChI is InChI=1S/C17H18N4/c18-20-19-15-11-12-21(16-9-5-2-6-10-16)17(13-15)14-7-3-1-4-8-14/h1-10,15,17H,11-13H2. The number of hydrogen-bond donors (Lipinski definition) is 0. The minimum absolute atomic E-state index is 0.0835. The topological polar surface area (TPSA) is 52.0 Å². The van der Waals surface area contributed by atoms with Crippen molar-refractivity contribution in [2.24, 2.45) is 5.11 Å². The molecule has 0 amide bonds. The quantitative estimate of drug-likeness (QED) is 0.456. The summed E-state index contributed by atoms with van der Waals surface area (Å²) in [7, 11) is 0. The summed E-state index contributed by atoms with van der Waals surface area (Å²) in [4.78, 5) is 5.41. The molecule has 106 valence electrons. The van der Waals surface area contributed by atoms with Crippen LogP contribution in [0.25, 0.3) is 10.4 Å². The van der Waals surface area contributed by atoms with Crippen LogP contribution in [0.15, 0.2) is 65.8 Å². The Kier molecular flexibility index (Phi) is 4.08. The van der Waals surface area contributed by atoms with E-state index in [-0.39, 0.29) is 12.1 Å². The van der Waals surface area contributed by atoms with Crippen LogP contribution in [0, 0.1) is 0 Å². The molecule has 1 heterocycles. The first kappa shape index (κ1) is 13.5. The van der Waals surface area contributed by atoms with E-state index in [1.807, 2.05) is 12.1 Å².